The minimum atomic E-state index is 0.512. The molecule has 4 rings (SSSR count). The van der Waals surface area contributed by atoms with Crippen molar-refractivity contribution in [2.75, 3.05) is 12.8 Å². The Balaban J connectivity index is 1.82. The van der Waals surface area contributed by atoms with Crippen LogP contribution >= 0.6 is 0 Å². The fourth-order valence-corrected chi connectivity index (χ4v) is 2.88. The van der Waals surface area contributed by atoms with Gasteiger partial charge in [-0.1, -0.05) is 18.2 Å². The Kier molecular flexibility index (Phi) is 3.89. The van der Waals surface area contributed by atoms with E-state index in [0.29, 0.717) is 11.6 Å². The summed E-state index contributed by atoms with van der Waals surface area (Å²) in [7, 11) is 1.64. The molecule has 4 aromatic rings. The van der Waals surface area contributed by atoms with Gasteiger partial charge in [0.2, 0.25) is 0 Å². The molecule has 0 aliphatic carbocycles. The van der Waals surface area contributed by atoms with Crippen LogP contribution in [0.3, 0.4) is 0 Å². The van der Waals surface area contributed by atoms with Crippen LogP contribution in [0.25, 0.3) is 22.8 Å². The van der Waals surface area contributed by atoms with Crippen LogP contribution in [0.15, 0.2) is 60.8 Å². The second-order valence-electron chi connectivity index (χ2n) is 5.80. The first kappa shape index (κ1) is 15.9. The predicted octanol–water partition coefficient (Wildman–Crippen LogP) is 3.02. The van der Waals surface area contributed by atoms with E-state index in [1.165, 1.54) is 0 Å². The minimum Gasteiger partial charge on any atom is -0.497 e. The molecule has 0 amide bonds. The monoisotopic (exact) mass is 346 g/mol. The number of para-hydroxylation sites is 1. The van der Waals surface area contributed by atoms with Crippen molar-refractivity contribution in [2.24, 2.45) is 0 Å². The summed E-state index contributed by atoms with van der Waals surface area (Å²) >= 11 is 0. The molecule has 0 radical (unpaired) electrons. The van der Waals surface area contributed by atoms with Gasteiger partial charge in [0.05, 0.1) is 24.6 Å². The van der Waals surface area contributed by atoms with Crippen LogP contribution in [0.2, 0.25) is 0 Å². The van der Waals surface area contributed by atoms with Crippen molar-refractivity contribution in [1.82, 2.24) is 24.5 Å². The Morgan fingerprint density at radius 1 is 0.923 bits per heavy atom. The summed E-state index contributed by atoms with van der Waals surface area (Å²) in [5.74, 6) is 2.71. The number of nitrogens with two attached hydrogens (primary N) is 1. The number of methoxy groups -OCH3 is 1. The third kappa shape index (κ3) is 2.59. The van der Waals surface area contributed by atoms with Crippen LogP contribution in [-0.4, -0.2) is 31.7 Å². The van der Waals surface area contributed by atoms with Crippen LogP contribution < -0.4 is 10.5 Å². The zero-order valence-electron chi connectivity index (χ0n) is 14.5. The highest BCUT2D eigenvalue weighted by molar-refractivity contribution is 5.71. The van der Waals surface area contributed by atoms with Crippen LogP contribution in [0.1, 0.15) is 5.82 Å². The van der Waals surface area contributed by atoms with E-state index in [2.05, 4.69) is 15.3 Å². The van der Waals surface area contributed by atoms with Gasteiger partial charge >= 0.3 is 0 Å². The standard InChI is InChI=1S/C19H18N6O/c1-13-22-23-19(24(13)14-8-10-16(26-2)11-9-14)17-12-21-25(18(17)20)15-6-4-3-5-7-15/h3-12H,20H2,1-2H3. The number of aryl methyl sites for hydroxylation is 1. The molecule has 7 nitrogen and oxygen atoms in total. The van der Waals surface area contributed by atoms with Crippen LogP contribution in [0.5, 0.6) is 5.75 Å². The van der Waals surface area contributed by atoms with Gasteiger partial charge in [-0.2, -0.15) is 5.10 Å². The van der Waals surface area contributed by atoms with Crippen molar-refractivity contribution < 1.29 is 4.74 Å². The summed E-state index contributed by atoms with van der Waals surface area (Å²) < 4.78 is 8.87. The van der Waals surface area contributed by atoms with Gasteiger partial charge in [-0.3, -0.25) is 4.57 Å². The van der Waals surface area contributed by atoms with E-state index < -0.39 is 0 Å². The Bertz CT molecular complexity index is 1030. The topological polar surface area (TPSA) is 83.8 Å². The summed E-state index contributed by atoms with van der Waals surface area (Å²) in [6.07, 6.45) is 1.71. The van der Waals surface area contributed by atoms with Crippen molar-refractivity contribution >= 4 is 5.82 Å². The highest BCUT2D eigenvalue weighted by Gasteiger charge is 2.19. The number of rotatable bonds is 4. The molecule has 0 aliphatic rings. The van der Waals surface area contributed by atoms with E-state index in [1.54, 1.807) is 18.0 Å². The average Bonchev–Trinajstić information content (AvgIpc) is 3.25. The van der Waals surface area contributed by atoms with E-state index in [0.717, 1.165) is 28.5 Å². The molecule has 0 unspecified atom stereocenters. The first-order valence-corrected chi connectivity index (χ1v) is 8.15. The van der Waals surface area contributed by atoms with Crippen molar-refractivity contribution in [3.8, 4) is 28.5 Å². The fourth-order valence-electron chi connectivity index (χ4n) is 2.88. The second kappa shape index (κ2) is 6.36. The lowest BCUT2D eigenvalue weighted by molar-refractivity contribution is 0.414. The Morgan fingerprint density at radius 2 is 1.65 bits per heavy atom. The Hall–Kier alpha value is -3.61. The number of hydrogen-bond acceptors (Lipinski definition) is 5. The molecule has 26 heavy (non-hydrogen) atoms. The highest BCUT2D eigenvalue weighted by atomic mass is 16.5. The molecule has 0 saturated carbocycles. The summed E-state index contributed by atoms with van der Waals surface area (Å²) in [5, 5.41) is 13.0. The molecule has 0 atom stereocenters. The number of ether oxygens (including phenoxy) is 1. The zero-order valence-corrected chi connectivity index (χ0v) is 14.5. The van der Waals surface area contributed by atoms with Crippen molar-refractivity contribution in [1.29, 1.82) is 0 Å². The van der Waals surface area contributed by atoms with Gasteiger partial charge in [0, 0.05) is 5.69 Å². The summed E-state index contributed by atoms with van der Waals surface area (Å²) in [6.45, 7) is 1.90. The minimum absolute atomic E-state index is 0.512. The smallest absolute Gasteiger partial charge is 0.173 e. The Morgan fingerprint density at radius 3 is 2.35 bits per heavy atom. The first-order chi connectivity index (χ1) is 12.7. The normalized spacial score (nSPS) is 10.8. The van der Waals surface area contributed by atoms with E-state index in [4.69, 9.17) is 10.5 Å². The molecule has 2 aromatic carbocycles. The SMILES string of the molecule is COc1ccc(-n2c(C)nnc2-c2cnn(-c3ccccc3)c2N)cc1. The zero-order chi connectivity index (χ0) is 18.1. The summed E-state index contributed by atoms with van der Waals surface area (Å²) in [4.78, 5) is 0. The lowest BCUT2D eigenvalue weighted by atomic mass is 10.2. The second-order valence-corrected chi connectivity index (χ2v) is 5.80. The van der Waals surface area contributed by atoms with Crippen LogP contribution in [0.4, 0.5) is 5.82 Å². The Labute approximate surface area is 150 Å². The molecule has 0 fully saturated rings. The molecule has 0 spiro atoms. The molecule has 130 valence electrons. The quantitative estimate of drug-likeness (QED) is 0.614. The number of nitrogens with zero attached hydrogens (tertiary/aromatic N) is 5. The van der Waals surface area contributed by atoms with Gasteiger partial charge in [0.25, 0.3) is 0 Å². The number of anilines is 1. The molecule has 0 aliphatic heterocycles. The van der Waals surface area contributed by atoms with Crippen molar-refractivity contribution in [3.63, 3.8) is 0 Å². The molecular weight excluding hydrogens is 328 g/mol. The third-order valence-corrected chi connectivity index (χ3v) is 4.20. The number of nitrogen functional groups attached to an aromatic ring is 1. The third-order valence-electron chi connectivity index (χ3n) is 4.20. The van der Waals surface area contributed by atoms with Gasteiger partial charge in [0.15, 0.2) is 5.82 Å². The maximum atomic E-state index is 6.37. The predicted molar refractivity (Wildman–Crippen MR) is 99.6 cm³/mol. The number of benzene rings is 2. The lowest BCUT2D eigenvalue weighted by Crippen LogP contribution is -2.04. The average molecular weight is 346 g/mol. The molecule has 2 heterocycles. The van der Waals surface area contributed by atoms with Gasteiger partial charge in [-0.25, -0.2) is 4.68 Å². The van der Waals surface area contributed by atoms with Gasteiger partial charge < -0.3 is 10.5 Å². The van der Waals surface area contributed by atoms with E-state index >= 15 is 0 Å². The van der Waals surface area contributed by atoms with Crippen LogP contribution in [-0.2, 0) is 0 Å². The van der Waals surface area contributed by atoms with E-state index in [-0.39, 0.29) is 0 Å². The van der Waals surface area contributed by atoms with Crippen molar-refractivity contribution in [3.05, 3.63) is 66.6 Å². The largest absolute Gasteiger partial charge is 0.497 e. The number of hydrogen-bond donors (Lipinski definition) is 1. The first-order valence-electron chi connectivity index (χ1n) is 8.15. The molecule has 2 aromatic heterocycles. The maximum absolute atomic E-state index is 6.37. The van der Waals surface area contributed by atoms with E-state index in [9.17, 15) is 0 Å². The molecule has 0 bridgehead atoms. The molecular formula is C19H18N6O. The van der Waals surface area contributed by atoms with Gasteiger partial charge in [-0.15, -0.1) is 10.2 Å². The molecule has 2 N–H and O–H groups in total. The lowest BCUT2D eigenvalue weighted by Gasteiger charge is -2.10. The van der Waals surface area contributed by atoms with E-state index in [1.807, 2.05) is 66.1 Å². The van der Waals surface area contributed by atoms with Crippen LogP contribution in [0, 0.1) is 6.92 Å². The highest BCUT2D eigenvalue weighted by Crippen LogP contribution is 2.29. The molecule has 0 saturated heterocycles. The summed E-state index contributed by atoms with van der Waals surface area (Å²) in [5.41, 5.74) is 8.91. The van der Waals surface area contributed by atoms with Gasteiger partial charge in [-0.05, 0) is 43.3 Å². The van der Waals surface area contributed by atoms with Crippen molar-refractivity contribution in [2.45, 2.75) is 6.92 Å². The maximum Gasteiger partial charge on any atom is 0.173 e. The number of aromatic nitrogens is 5. The fraction of sp³-hybridized carbons (Fsp3) is 0.105. The van der Waals surface area contributed by atoms with Gasteiger partial charge in [0.1, 0.15) is 17.4 Å². The molecule has 7 heteroatoms. The summed E-state index contributed by atoms with van der Waals surface area (Å²) in [6, 6.07) is 17.4.